The van der Waals surface area contributed by atoms with Gasteiger partial charge in [-0.3, -0.25) is 0 Å². The van der Waals surface area contributed by atoms with E-state index in [4.69, 9.17) is 0 Å². The smallest absolute Gasteiger partial charge is 0.157 e. The number of hydrogen-bond acceptors (Lipinski definition) is 2. The molecule has 0 aliphatic rings. The van der Waals surface area contributed by atoms with Crippen molar-refractivity contribution in [2.75, 3.05) is 0 Å². The van der Waals surface area contributed by atoms with E-state index in [0.717, 1.165) is 18.9 Å². The number of hydrogen-bond donors (Lipinski definition) is 2. The van der Waals surface area contributed by atoms with E-state index in [-0.39, 0.29) is 11.5 Å². The van der Waals surface area contributed by atoms with E-state index in [0.29, 0.717) is 0 Å². The molecule has 1 aromatic rings. The maximum Gasteiger partial charge on any atom is 0.157 e. The summed E-state index contributed by atoms with van der Waals surface area (Å²) in [5, 5.41) is 19.7. The summed E-state index contributed by atoms with van der Waals surface area (Å²) in [6, 6.07) is 8.60. The Morgan fingerprint density at radius 3 is 1.81 bits per heavy atom. The zero-order chi connectivity index (χ0) is 15.9. The summed E-state index contributed by atoms with van der Waals surface area (Å²) in [4.78, 5) is 0. The highest BCUT2D eigenvalue weighted by molar-refractivity contribution is 6.79. The molecule has 0 fully saturated rings. The second-order valence-corrected chi connectivity index (χ2v) is 11.8. The number of aromatic hydroxyl groups is 2. The van der Waals surface area contributed by atoms with Crippen LogP contribution in [-0.4, -0.2) is 18.3 Å². The maximum atomic E-state index is 9.88. The number of unbranched alkanes of at least 4 members (excludes halogenated alkanes) is 2. The first-order valence-corrected chi connectivity index (χ1v) is 11.4. The summed E-state index contributed by atoms with van der Waals surface area (Å²) in [5.74, 6) is 0.0671. The largest absolute Gasteiger partial charge is 0.504 e. The Morgan fingerprint density at radius 1 is 0.810 bits per heavy atom. The molecule has 2 N–H and O–H groups in total. The van der Waals surface area contributed by atoms with Gasteiger partial charge in [0.2, 0.25) is 0 Å². The molecule has 0 aliphatic carbocycles. The van der Waals surface area contributed by atoms with Crippen molar-refractivity contribution in [3.63, 3.8) is 0 Å². The van der Waals surface area contributed by atoms with Crippen LogP contribution in [0.25, 0.3) is 0 Å². The fraction of sp³-hybridized carbons (Fsp3) is 0.667. The highest BCUT2D eigenvalue weighted by Crippen LogP contribution is 2.33. The van der Waals surface area contributed by atoms with Crippen LogP contribution in [-0.2, 0) is 12.5 Å². The lowest BCUT2D eigenvalue weighted by molar-refractivity contribution is 0.402. The molecule has 0 atom stereocenters. The molecule has 120 valence electrons. The standard InChI is InChI=1S/C18H32O2Si/c1-5-9-10-11-15-12-17(19)18(20)13-16(15)14-21(6-2,7-3)8-4/h12-13,19-20H,5-11,14H2,1-4H3. The molecular weight excluding hydrogens is 276 g/mol. The molecule has 1 rings (SSSR count). The number of phenolic OH excluding ortho intramolecular Hbond substituents is 2. The lowest BCUT2D eigenvalue weighted by Crippen LogP contribution is -2.35. The highest BCUT2D eigenvalue weighted by Gasteiger charge is 2.28. The summed E-state index contributed by atoms with van der Waals surface area (Å²) >= 11 is 0. The third kappa shape index (κ3) is 4.77. The number of aryl methyl sites for hydroxylation is 1. The van der Waals surface area contributed by atoms with Crippen molar-refractivity contribution in [1.82, 2.24) is 0 Å². The number of benzene rings is 1. The molecule has 0 heterocycles. The molecular formula is C18H32O2Si. The zero-order valence-electron chi connectivity index (χ0n) is 14.2. The van der Waals surface area contributed by atoms with Gasteiger partial charge in [0.1, 0.15) is 0 Å². The summed E-state index contributed by atoms with van der Waals surface area (Å²) < 4.78 is 0. The van der Waals surface area contributed by atoms with Gasteiger partial charge in [-0.1, -0.05) is 58.7 Å². The second-order valence-electron chi connectivity index (χ2n) is 6.30. The van der Waals surface area contributed by atoms with Gasteiger partial charge in [0.15, 0.2) is 11.5 Å². The van der Waals surface area contributed by atoms with Crippen LogP contribution in [0, 0.1) is 0 Å². The predicted molar refractivity (Wildman–Crippen MR) is 93.9 cm³/mol. The van der Waals surface area contributed by atoms with Gasteiger partial charge in [0, 0.05) is 0 Å². The first-order chi connectivity index (χ1) is 10.0. The van der Waals surface area contributed by atoms with Crippen molar-refractivity contribution >= 4 is 8.07 Å². The van der Waals surface area contributed by atoms with E-state index >= 15 is 0 Å². The Morgan fingerprint density at radius 2 is 1.33 bits per heavy atom. The van der Waals surface area contributed by atoms with Crippen LogP contribution in [0.2, 0.25) is 18.1 Å². The molecule has 0 aliphatic heterocycles. The van der Waals surface area contributed by atoms with Crippen molar-refractivity contribution in [2.45, 2.75) is 77.6 Å². The lowest BCUT2D eigenvalue weighted by atomic mass is 10.0. The van der Waals surface area contributed by atoms with Gasteiger partial charge in [0.25, 0.3) is 0 Å². The highest BCUT2D eigenvalue weighted by atomic mass is 28.3. The van der Waals surface area contributed by atoms with Crippen LogP contribution < -0.4 is 0 Å². The first kappa shape index (κ1) is 18.1. The topological polar surface area (TPSA) is 40.5 Å². The minimum Gasteiger partial charge on any atom is -0.504 e. The summed E-state index contributed by atoms with van der Waals surface area (Å²) in [5.41, 5.74) is 2.52. The maximum absolute atomic E-state index is 9.88. The van der Waals surface area contributed by atoms with E-state index in [1.165, 1.54) is 42.1 Å². The molecule has 0 unspecified atom stereocenters. The minimum atomic E-state index is -1.27. The minimum absolute atomic E-state index is 0.0296. The molecule has 3 heteroatoms. The van der Waals surface area contributed by atoms with Crippen LogP contribution >= 0.6 is 0 Å². The van der Waals surface area contributed by atoms with Crippen molar-refractivity contribution in [1.29, 1.82) is 0 Å². The van der Waals surface area contributed by atoms with Crippen LogP contribution in [0.5, 0.6) is 11.5 Å². The van der Waals surface area contributed by atoms with Crippen molar-refractivity contribution in [3.05, 3.63) is 23.3 Å². The second kappa shape index (κ2) is 8.47. The van der Waals surface area contributed by atoms with E-state index in [9.17, 15) is 10.2 Å². The fourth-order valence-electron chi connectivity index (χ4n) is 3.16. The molecule has 0 saturated heterocycles. The van der Waals surface area contributed by atoms with Crippen molar-refractivity contribution < 1.29 is 10.2 Å². The predicted octanol–water partition coefficient (Wildman–Crippen LogP) is 5.42. The Bertz CT molecular complexity index is 431. The third-order valence-corrected chi connectivity index (χ3v) is 10.8. The fourth-order valence-corrected chi connectivity index (χ4v) is 6.54. The van der Waals surface area contributed by atoms with E-state index in [1.54, 1.807) is 6.07 Å². The van der Waals surface area contributed by atoms with Gasteiger partial charge in [-0.15, -0.1) is 0 Å². The first-order valence-electron chi connectivity index (χ1n) is 8.55. The van der Waals surface area contributed by atoms with E-state index in [1.807, 2.05) is 6.07 Å². The van der Waals surface area contributed by atoms with Crippen molar-refractivity contribution in [2.24, 2.45) is 0 Å². The third-order valence-electron chi connectivity index (χ3n) is 5.16. The van der Waals surface area contributed by atoms with Crippen molar-refractivity contribution in [3.8, 4) is 11.5 Å². The van der Waals surface area contributed by atoms with Gasteiger partial charge in [-0.2, -0.15) is 0 Å². The Labute approximate surface area is 131 Å². The summed E-state index contributed by atoms with van der Waals surface area (Å²) in [7, 11) is -1.27. The number of phenols is 2. The molecule has 0 radical (unpaired) electrons. The number of rotatable bonds is 9. The van der Waals surface area contributed by atoms with Gasteiger partial charge >= 0.3 is 0 Å². The Hall–Kier alpha value is -0.963. The van der Waals surface area contributed by atoms with Crippen LogP contribution in [0.4, 0.5) is 0 Å². The summed E-state index contributed by atoms with van der Waals surface area (Å²) in [6.07, 6.45) is 4.60. The van der Waals surface area contributed by atoms with Gasteiger partial charge < -0.3 is 10.2 Å². The van der Waals surface area contributed by atoms with Gasteiger partial charge in [-0.25, -0.2) is 0 Å². The van der Waals surface area contributed by atoms with Crippen LogP contribution in [0.3, 0.4) is 0 Å². The molecule has 0 bridgehead atoms. The molecule has 0 spiro atoms. The lowest BCUT2D eigenvalue weighted by Gasteiger charge is -2.29. The molecule has 0 aromatic heterocycles. The normalized spacial score (nSPS) is 11.8. The Balaban J connectivity index is 3.05. The average Bonchev–Trinajstić information content (AvgIpc) is 2.49. The van der Waals surface area contributed by atoms with E-state index < -0.39 is 8.07 Å². The molecule has 0 saturated carbocycles. The van der Waals surface area contributed by atoms with Gasteiger partial charge in [-0.05, 0) is 42.1 Å². The average molecular weight is 309 g/mol. The van der Waals surface area contributed by atoms with E-state index in [2.05, 4.69) is 27.7 Å². The molecule has 1 aromatic carbocycles. The molecule has 21 heavy (non-hydrogen) atoms. The van der Waals surface area contributed by atoms with Crippen LogP contribution in [0.15, 0.2) is 12.1 Å². The molecule has 0 amide bonds. The quantitative estimate of drug-likeness (QED) is 0.363. The zero-order valence-corrected chi connectivity index (χ0v) is 15.2. The monoisotopic (exact) mass is 308 g/mol. The Kier molecular flexibility index (Phi) is 7.30. The molecule has 2 nitrogen and oxygen atoms in total. The summed E-state index contributed by atoms with van der Waals surface area (Å²) in [6.45, 7) is 9.15. The SMILES string of the molecule is CCCCCc1cc(O)c(O)cc1C[Si](CC)(CC)CC. The van der Waals surface area contributed by atoms with Gasteiger partial charge in [0.05, 0.1) is 8.07 Å². The van der Waals surface area contributed by atoms with Crippen LogP contribution in [0.1, 0.15) is 58.1 Å².